The summed E-state index contributed by atoms with van der Waals surface area (Å²) in [5.41, 5.74) is 13.0. The fourth-order valence-electron chi connectivity index (χ4n) is 4.02. The molecule has 136 valence electrons. The highest BCUT2D eigenvalue weighted by Crippen LogP contribution is 2.42. The van der Waals surface area contributed by atoms with Gasteiger partial charge in [-0.2, -0.15) is 0 Å². The maximum Gasteiger partial charge on any atom is 0.148 e. The first-order chi connectivity index (χ1) is 12.0. The molecule has 2 aliphatic heterocycles. The van der Waals surface area contributed by atoms with Gasteiger partial charge in [0.25, 0.3) is 0 Å². The summed E-state index contributed by atoms with van der Waals surface area (Å²) < 4.78 is 5.56. The van der Waals surface area contributed by atoms with Gasteiger partial charge in [-0.1, -0.05) is 18.1 Å². The molecule has 25 heavy (non-hydrogen) atoms. The first kappa shape index (κ1) is 18.1. The van der Waals surface area contributed by atoms with Crippen LogP contribution in [0.5, 0.6) is 5.75 Å². The van der Waals surface area contributed by atoms with Crippen molar-refractivity contribution < 1.29 is 14.9 Å². The van der Waals surface area contributed by atoms with E-state index in [0.29, 0.717) is 5.75 Å². The van der Waals surface area contributed by atoms with E-state index >= 15 is 0 Å². The van der Waals surface area contributed by atoms with E-state index in [9.17, 15) is 10.2 Å². The van der Waals surface area contributed by atoms with Crippen LogP contribution in [0.4, 0.5) is 0 Å². The fourth-order valence-corrected chi connectivity index (χ4v) is 4.02. The van der Waals surface area contributed by atoms with Gasteiger partial charge in [-0.05, 0) is 31.5 Å². The summed E-state index contributed by atoms with van der Waals surface area (Å²) in [7, 11) is 0. The second-order valence-electron chi connectivity index (χ2n) is 6.79. The van der Waals surface area contributed by atoms with Crippen LogP contribution in [0.2, 0.25) is 0 Å². The summed E-state index contributed by atoms with van der Waals surface area (Å²) in [6.07, 6.45) is 3.85. The van der Waals surface area contributed by atoms with Gasteiger partial charge in [0.1, 0.15) is 24.8 Å². The Morgan fingerprint density at radius 3 is 2.16 bits per heavy atom. The Bertz CT molecular complexity index is 591. The maximum absolute atomic E-state index is 10.5. The van der Waals surface area contributed by atoms with Gasteiger partial charge in [-0.25, -0.2) is 10.9 Å². The lowest BCUT2D eigenvalue weighted by Gasteiger charge is -2.35. The monoisotopic (exact) mass is 346 g/mol. The van der Waals surface area contributed by atoms with Gasteiger partial charge in [-0.15, -0.1) is 6.42 Å². The molecular weight excluding hydrogens is 320 g/mol. The van der Waals surface area contributed by atoms with E-state index in [2.05, 4.69) is 27.6 Å². The number of aliphatic hydroxyl groups excluding tert-OH is 2. The molecule has 1 aromatic rings. The van der Waals surface area contributed by atoms with Crippen LogP contribution in [-0.2, 0) is 0 Å². The topological polar surface area (TPSA) is 97.8 Å². The van der Waals surface area contributed by atoms with Crippen molar-refractivity contribution >= 4 is 0 Å². The molecule has 6 unspecified atom stereocenters. The Labute approximate surface area is 148 Å². The molecule has 6 atom stereocenters. The SMILES string of the molecule is C#CCOc1cccc(C(C2C(C)NNC2O)C2C(C)NNC2O)c1. The number of terminal acetylenes is 1. The molecule has 0 amide bonds. The van der Waals surface area contributed by atoms with Crippen LogP contribution in [0, 0.1) is 24.2 Å². The lowest BCUT2D eigenvalue weighted by molar-refractivity contribution is 0.0396. The minimum atomic E-state index is -0.713. The van der Waals surface area contributed by atoms with Gasteiger partial charge in [-0.3, -0.25) is 10.9 Å². The van der Waals surface area contributed by atoms with E-state index in [1.165, 1.54) is 0 Å². The molecule has 2 heterocycles. The summed E-state index contributed by atoms with van der Waals surface area (Å²) in [6, 6.07) is 7.79. The second-order valence-corrected chi connectivity index (χ2v) is 6.79. The van der Waals surface area contributed by atoms with Gasteiger partial charge < -0.3 is 14.9 Å². The van der Waals surface area contributed by atoms with Gasteiger partial charge in [0.15, 0.2) is 0 Å². The summed E-state index contributed by atoms with van der Waals surface area (Å²) in [5, 5.41) is 21.0. The molecule has 0 aromatic heterocycles. The number of hydrazine groups is 2. The molecule has 7 nitrogen and oxygen atoms in total. The normalized spacial score (nSPS) is 36.1. The van der Waals surface area contributed by atoms with Gasteiger partial charge >= 0.3 is 0 Å². The highest BCUT2D eigenvalue weighted by molar-refractivity contribution is 5.33. The first-order valence-corrected chi connectivity index (χ1v) is 8.57. The summed E-state index contributed by atoms with van der Waals surface area (Å²) in [4.78, 5) is 0. The predicted octanol–water partition coefficient (Wildman–Crippen LogP) is -0.356. The van der Waals surface area contributed by atoms with Crippen molar-refractivity contribution in [3.05, 3.63) is 29.8 Å². The average molecular weight is 346 g/mol. The molecule has 2 aliphatic rings. The zero-order valence-electron chi connectivity index (χ0n) is 14.4. The smallest absolute Gasteiger partial charge is 0.148 e. The van der Waals surface area contributed by atoms with Crippen LogP contribution < -0.4 is 26.4 Å². The Morgan fingerprint density at radius 2 is 1.68 bits per heavy atom. The van der Waals surface area contributed by atoms with Crippen LogP contribution in [0.3, 0.4) is 0 Å². The molecule has 0 aliphatic carbocycles. The zero-order valence-corrected chi connectivity index (χ0v) is 14.4. The van der Waals surface area contributed by atoms with Crippen molar-refractivity contribution in [3.8, 4) is 18.1 Å². The number of ether oxygens (including phenoxy) is 1. The third-order valence-corrected chi connectivity index (χ3v) is 5.20. The first-order valence-electron chi connectivity index (χ1n) is 8.57. The molecule has 7 heteroatoms. The summed E-state index contributed by atoms with van der Waals surface area (Å²) in [6.45, 7) is 4.24. The van der Waals surface area contributed by atoms with Crippen molar-refractivity contribution in [3.63, 3.8) is 0 Å². The van der Waals surface area contributed by atoms with Crippen molar-refractivity contribution in [2.24, 2.45) is 11.8 Å². The van der Waals surface area contributed by atoms with Crippen LogP contribution in [-0.4, -0.2) is 41.4 Å². The van der Waals surface area contributed by atoms with E-state index < -0.39 is 12.5 Å². The van der Waals surface area contributed by atoms with Gasteiger partial charge in [0, 0.05) is 29.8 Å². The maximum atomic E-state index is 10.5. The fraction of sp³-hybridized carbons (Fsp3) is 0.556. The minimum Gasteiger partial charge on any atom is -0.481 e. The number of aliphatic hydroxyl groups is 2. The Hall–Kier alpha value is -1.66. The zero-order chi connectivity index (χ0) is 18.0. The molecule has 0 bridgehead atoms. The second kappa shape index (κ2) is 7.70. The van der Waals surface area contributed by atoms with Crippen molar-refractivity contribution in [1.29, 1.82) is 0 Å². The van der Waals surface area contributed by atoms with Crippen LogP contribution in [0.25, 0.3) is 0 Å². The van der Waals surface area contributed by atoms with Crippen molar-refractivity contribution in [1.82, 2.24) is 21.7 Å². The molecule has 3 rings (SSSR count). The largest absolute Gasteiger partial charge is 0.481 e. The van der Waals surface area contributed by atoms with Gasteiger partial charge in [0.2, 0.25) is 0 Å². The molecule has 2 saturated heterocycles. The van der Waals surface area contributed by atoms with E-state index in [0.717, 1.165) is 5.56 Å². The van der Waals surface area contributed by atoms with Crippen LogP contribution in [0.1, 0.15) is 25.3 Å². The molecule has 0 radical (unpaired) electrons. The Morgan fingerprint density at radius 1 is 1.08 bits per heavy atom. The summed E-state index contributed by atoms with van der Waals surface area (Å²) in [5.74, 6) is 2.80. The number of rotatable bonds is 5. The number of hydrogen-bond acceptors (Lipinski definition) is 7. The van der Waals surface area contributed by atoms with Gasteiger partial charge in [0.05, 0.1) is 0 Å². The van der Waals surface area contributed by atoms with Crippen molar-refractivity contribution in [2.45, 2.75) is 44.3 Å². The predicted molar refractivity (Wildman–Crippen MR) is 94.0 cm³/mol. The molecule has 6 N–H and O–H groups in total. The minimum absolute atomic E-state index is 0.0373. The van der Waals surface area contributed by atoms with E-state index in [1.54, 1.807) is 0 Å². The highest BCUT2D eigenvalue weighted by Gasteiger charge is 2.47. The highest BCUT2D eigenvalue weighted by atomic mass is 16.5. The van der Waals surface area contributed by atoms with E-state index in [-0.39, 0.29) is 36.4 Å². The standard InChI is InChI=1S/C18H26N4O3/c1-4-8-25-13-7-5-6-12(9-13)16(14-10(2)19-21-17(14)23)15-11(3)20-22-18(15)24/h1,5-7,9-11,14-24H,8H2,2-3H3. The molecule has 1 aromatic carbocycles. The van der Waals surface area contributed by atoms with Crippen LogP contribution >= 0.6 is 0 Å². The Balaban J connectivity index is 1.98. The summed E-state index contributed by atoms with van der Waals surface area (Å²) >= 11 is 0. The third kappa shape index (κ3) is 3.65. The molecular formula is C18H26N4O3. The van der Waals surface area contributed by atoms with E-state index in [4.69, 9.17) is 11.2 Å². The third-order valence-electron chi connectivity index (χ3n) is 5.20. The molecule has 0 spiro atoms. The van der Waals surface area contributed by atoms with Crippen molar-refractivity contribution in [2.75, 3.05) is 6.61 Å². The van der Waals surface area contributed by atoms with Crippen LogP contribution in [0.15, 0.2) is 24.3 Å². The lowest BCUT2D eigenvalue weighted by atomic mass is 9.71. The number of nitrogens with one attached hydrogen (secondary N) is 4. The average Bonchev–Trinajstić information content (AvgIpc) is 3.11. The molecule has 0 saturated carbocycles. The van der Waals surface area contributed by atoms with E-state index in [1.807, 2.05) is 38.1 Å². The number of benzene rings is 1. The Kier molecular flexibility index (Phi) is 5.59. The molecule has 2 fully saturated rings. The quantitative estimate of drug-likeness (QED) is 0.405. The lowest BCUT2D eigenvalue weighted by Crippen LogP contribution is -2.41. The number of hydrogen-bond donors (Lipinski definition) is 6.